The average Bonchev–Trinajstić information content (AvgIpc) is 2.17. The van der Waals surface area contributed by atoms with Crippen LogP contribution >= 0.6 is 0 Å². The van der Waals surface area contributed by atoms with Crippen molar-refractivity contribution in [1.82, 2.24) is 10.0 Å². The maximum Gasteiger partial charge on any atom is 0.127 e. The number of rotatable bonds is 4. The van der Waals surface area contributed by atoms with Gasteiger partial charge in [-0.25, -0.2) is 0 Å². The predicted molar refractivity (Wildman–Crippen MR) is 58.8 cm³/mol. The minimum absolute atomic E-state index is 0.382. The fraction of sp³-hybridized carbons (Fsp3) is 0.364. The fourth-order valence-corrected chi connectivity index (χ4v) is 1.25. The van der Waals surface area contributed by atoms with Crippen molar-refractivity contribution in [2.45, 2.75) is 13.5 Å². The molecule has 1 N–H and O–H groups in total. The Morgan fingerprint density at radius 1 is 1.67 bits per heavy atom. The Morgan fingerprint density at radius 3 is 2.80 bits per heavy atom. The van der Waals surface area contributed by atoms with Crippen molar-refractivity contribution in [3.8, 4) is 5.75 Å². The van der Waals surface area contributed by atoms with Gasteiger partial charge in [-0.2, -0.15) is 5.06 Å². The molecule has 0 aliphatic heterocycles. The van der Waals surface area contributed by atoms with Crippen LogP contribution in [0.1, 0.15) is 18.2 Å². The number of hydrogen-bond acceptors (Lipinski definition) is 4. The molecule has 0 aliphatic rings. The number of hydrogen-bond donors (Lipinski definition) is 1. The molecule has 0 spiro atoms. The second-order valence-corrected chi connectivity index (χ2v) is 3.48. The van der Waals surface area contributed by atoms with Crippen LogP contribution in [0.2, 0.25) is 0 Å². The maximum absolute atomic E-state index is 9.14. The predicted octanol–water partition coefficient (Wildman–Crippen LogP) is 1.94. The first kappa shape index (κ1) is 11.7. The van der Waals surface area contributed by atoms with Gasteiger partial charge in [-0.3, -0.25) is 4.98 Å². The molecule has 1 rings (SSSR count). The number of pyridine rings is 1. The van der Waals surface area contributed by atoms with Gasteiger partial charge in [0, 0.05) is 24.9 Å². The molecule has 4 heteroatoms. The van der Waals surface area contributed by atoms with Crippen LogP contribution in [0.15, 0.2) is 18.8 Å². The third-order valence-electron chi connectivity index (χ3n) is 2.00. The van der Waals surface area contributed by atoms with E-state index in [0.717, 1.165) is 21.9 Å². The van der Waals surface area contributed by atoms with Gasteiger partial charge in [-0.05, 0) is 12.5 Å². The Morgan fingerprint density at radius 2 is 2.33 bits per heavy atom. The van der Waals surface area contributed by atoms with Gasteiger partial charge in [-0.1, -0.05) is 6.58 Å². The lowest BCUT2D eigenvalue weighted by molar-refractivity contribution is -0.0736. The summed E-state index contributed by atoms with van der Waals surface area (Å²) in [5.74, 6) is 0.712. The van der Waals surface area contributed by atoms with Gasteiger partial charge < -0.3 is 9.94 Å². The summed E-state index contributed by atoms with van der Waals surface area (Å²) in [6.07, 6.45) is 1.69. The maximum atomic E-state index is 9.14. The summed E-state index contributed by atoms with van der Waals surface area (Å²) < 4.78 is 5.22. The first-order valence-corrected chi connectivity index (χ1v) is 4.63. The minimum Gasteiger partial charge on any atom is -0.496 e. The molecule has 15 heavy (non-hydrogen) atoms. The van der Waals surface area contributed by atoms with Gasteiger partial charge in [0.15, 0.2) is 0 Å². The second kappa shape index (κ2) is 4.91. The van der Waals surface area contributed by atoms with Crippen LogP contribution in [-0.2, 0) is 6.54 Å². The van der Waals surface area contributed by atoms with E-state index < -0.39 is 0 Å². The number of hydroxylamine groups is 2. The third kappa shape index (κ3) is 3.04. The zero-order chi connectivity index (χ0) is 11.4. The van der Waals surface area contributed by atoms with E-state index in [4.69, 9.17) is 9.94 Å². The molecular formula is C11H16N2O2. The number of methoxy groups -OCH3 is 1. The van der Waals surface area contributed by atoms with Crippen LogP contribution in [0.4, 0.5) is 0 Å². The van der Waals surface area contributed by atoms with Gasteiger partial charge in [0.05, 0.1) is 19.3 Å². The summed E-state index contributed by atoms with van der Waals surface area (Å²) in [6.45, 7) is 6.08. The molecule has 0 unspecified atom stereocenters. The topological polar surface area (TPSA) is 45.6 Å². The van der Waals surface area contributed by atoms with Gasteiger partial charge in [-0.15, -0.1) is 0 Å². The smallest absolute Gasteiger partial charge is 0.127 e. The lowest BCUT2D eigenvalue weighted by Crippen LogP contribution is -2.13. The van der Waals surface area contributed by atoms with Gasteiger partial charge in [0.1, 0.15) is 5.75 Å². The van der Waals surface area contributed by atoms with Crippen LogP contribution in [0, 0.1) is 0 Å². The molecule has 0 aliphatic carbocycles. The fourth-order valence-electron chi connectivity index (χ4n) is 1.25. The summed E-state index contributed by atoms with van der Waals surface area (Å²) in [5, 5.41) is 10.2. The quantitative estimate of drug-likeness (QED) is 0.768. The molecule has 0 bridgehead atoms. The van der Waals surface area contributed by atoms with E-state index in [1.165, 1.54) is 0 Å². The monoisotopic (exact) mass is 208 g/mol. The highest BCUT2D eigenvalue weighted by atomic mass is 16.5. The molecule has 0 radical (unpaired) electrons. The van der Waals surface area contributed by atoms with Crippen LogP contribution < -0.4 is 4.74 Å². The van der Waals surface area contributed by atoms with E-state index in [-0.39, 0.29) is 0 Å². The van der Waals surface area contributed by atoms with Crippen LogP contribution in [0.5, 0.6) is 5.75 Å². The summed E-state index contributed by atoms with van der Waals surface area (Å²) in [4.78, 5) is 4.22. The lowest BCUT2D eigenvalue weighted by atomic mass is 10.1. The second-order valence-electron chi connectivity index (χ2n) is 3.48. The molecule has 82 valence electrons. The Hall–Kier alpha value is -1.39. The molecule has 4 nitrogen and oxygen atoms in total. The van der Waals surface area contributed by atoms with E-state index in [1.54, 1.807) is 20.4 Å². The molecule has 0 saturated heterocycles. The van der Waals surface area contributed by atoms with Crippen molar-refractivity contribution in [3.05, 3.63) is 30.1 Å². The van der Waals surface area contributed by atoms with Crippen molar-refractivity contribution in [2.24, 2.45) is 0 Å². The third-order valence-corrected chi connectivity index (χ3v) is 2.00. The molecule has 1 heterocycles. The van der Waals surface area contributed by atoms with Crippen molar-refractivity contribution in [1.29, 1.82) is 0 Å². The average molecular weight is 208 g/mol. The number of aromatic nitrogens is 1. The number of ether oxygens (including phenoxy) is 1. The van der Waals surface area contributed by atoms with E-state index in [2.05, 4.69) is 11.6 Å². The zero-order valence-corrected chi connectivity index (χ0v) is 9.32. The van der Waals surface area contributed by atoms with E-state index in [9.17, 15) is 0 Å². The summed E-state index contributed by atoms with van der Waals surface area (Å²) in [5.41, 5.74) is 2.53. The Balaban J connectivity index is 3.03. The SMILES string of the molecule is C=C(C)c1cc(OC)c(CN(C)O)cn1. The normalized spacial score (nSPS) is 10.5. The summed E-state index contributed by atoms with van der Waals surface area (Å²) >= 11 is 0. The van der Waals surface area contributed by atoms with Crippen molar-refractivity contribution in [2.75, 3.05) is 14.2 Å². The van der Waals surface area contributed by atoms with E-state index >= 15 is 0 Å². The molecule has 0 saturated carbocycles. The molecule has 1 aromatic rings. The molecule has 0 aromatic carbocycles. The summed E-state index contributed by atoms with van der Waals surface area (Å²) in [6, 6.07) is 1.82. The Kier molecular flexibility index (Phi) is 3.82. The first-order valence-electron chi connectivity index (χ1n) is 4.63. The van der Waals surface area contributed by atoms with Crippen molar-refractivity contribution in [3.63, 3.8) is 0 Å². The first-order chi connectivity index (χ1) is 7.04. The molecular weight excluding hydrogens is 192 g/mol. The van der Waals surface area contributed by atoms with Crippen LogP contribution in [0.25, 0.3) is 5.57 Å². The van der Waals surface area contributed by atoms with Crippen molar-refractivity contribution < 1.29 is 9.94 Å². The Labute approximate surface area is 89.8 Å². The summed E-state index contributed by atoms with van der Waals surface area (Å²) in [7, 11) is 3.17. The minimum atomic E-state index is 0.382. The highest BCUT2D eigenvalue weighted by molar-refractivity contribution is 5.59. The lowest BCUT2D eigenvalue weighted by Gasteiger charge is -2.12. The van der Waals surface area contributed by atoms with Gasteiger partial charge in [0.2, 0.25) is 0 Å². The van der Waals surface area contributed by atoms with Crippen LogP contribution in [-0.4, -0.2) is 29.4 Å². The molecule has 0 atom stereocenters. The standard InChI is InChI=1S/C11H16N2O2/c1-8(2)10-5-11(15-4)9(6-12-10)7-13(3)14/h5-6,14H,1,7H2,2-4H3. The zero-order valence-electron chi connectivity index (χ0n) is 9.32. The van der Waals surface area contributed by atoms with E-state index in [1.807, 2.05) is 13.0 Å². The van der Waals surface area contributed by atoms with E-state index in [0.29, 0.717) is 12.3 Å². The van der Waals surface area contributed by atoms with Crippen LogP contribution in [0.3, 0.4) is 0 Å². The Bertz CT molecular complexity index is 362. The van der Waals surface area contributed by atoms with Gasteiger partial charge >= 0.3 is 0 Å². The highest BCUT2D eigenvalue weighted by Crippen LogP contribution is 2.22. The largest absolute Gasteiger partial charge is 0.496 e. The molecule has 0 amide bonds. The van der Waals surface area contributed by atoms with Gasteiger partial charge in [0.25, 0.3) is 0 Å². The number of allylic oxidation sites excluding steroid dienone is 1. The molecule has 0 fully saturated rings. The highest BCUT2D eigenvalue weighted by Gasteiger charge is 2.07. The van der Waals surface area contributed by atoms with Crippen molar-refractivity contribution >= 4 is 5.57 Å². The number of nitrogens with zero attached hydrogens (tertiary/aromatic N) is 2. The molecule has 1 aromatic heterocycles.